The first-order chi connectivity index (χ1) is 8.83. The summed E-state index contributed by atoms with van der Waals surface area (Å²) in [5.41, 5.74) is 3.41. The molecule has 1 rings (SSSR count). The smallest absolute Gasteiger partial charge is 0.0853 e. The number of nitrogens with one attached hydrogen (secondary N) is 2. The predicted octanol–water partition coefficient (Wildman–Crippen LogP) is 2.00. The topological polar surface area (TPSA) is 59.2 Å². The highest BCUT2D eigenvalue weighted by atomic mass is 16.5. The molecule has 0 atom stereocenters. The molecule has 104 valence electrons. The quantitative estimate of drug-likeness (QED) is 0.628. The third kappa shape index (κ3) is 4.66. The number of rotatable bonds is 10. The minimum Gasteiger partial charge on any atom is -0.380 e. The van der Waals surface area contributed by atoms with Crippen LogP contribution in [0.4, 0.5) is 5.69 Å². The first-order valence-corrected chi connectivity index (χ1v) is 6.78. The molecule has 0 unspecified atom stereocenters. The van der Waals surface area contributed by atoms with E-state index in [0.29, 0.717) is 19.8 Å². The van der Waals surface area contributed by atoms with E-state index in [2.05, 4.69) is 29.4 Å². The summed E-state index contributed by atoms with van der Waals surface area (Å²) < 4.78 is 10.7. The molecule has 0 saturated heterocycles. The average molecular weight is 255 g/mol. The Morgan fingerprint density at radius 1 is 1.06 bits per heavy atom. The lowest BCUT2D eigenvalue weighted by molar-refractivity contribution is 0.0570. The van der Waals surface area contributed by atoms with Crippen LogP contribution in [0.25, 0.3) is 0 Å². The van der Waals surface area contributed by atoms with Crippen molar-refractivity contribution in [2.24, 2.45) is 0 Å². The highest BCUT2D eigenvalue weighted by molar-refractivity contribution is 5.52. The number of aryl methyl sites for hydroxylation is 2. The van der Waals surface area contributed by atoms with Crippen molar-refractivity contribution in [2.45, 2.75) is 33.6 Å². The van der Waals surface area contributed by atoms with Gasteiger partial charge in [0.25, 0.3) is 0 Å². The van der Waals surface area contributed by atoms with Crippen LogP contribution in [0.2, 0.25) is 0 Å². The number of hydrogen-bond acceptors (Lipinski definition) is 4. The van der Waals surface area contributed by atoms with Crippen LogP contribution in [0.5, 0.6) is 0 Å². The lowest BCUT2D eigenvalue weighted by Crippen LogP contribution is -2.13. The van der Waals surface area contributed by atoms with Crippen molar-refractivity contribution >= 4 is 5.69 Å². The van der Waals surface area contributed by atoms with Crippen LogP contribution in [0.15, 0.2) is 0 Å². The van der Waals surface area contributed by atoms with Gasteiger partial charge in [-0.3, -0.25) is 5.10 Å². The average Bonchev–Trinajstić information content (AvgIpc) is 2.79. The van der Waals surface area contributed by atoms with E-state index >= 15 is 0 Å². The molecule has 0 aliphatic rings. The summed E-state index contributed by atoms with van der Waals surface area (Å²) in [6, 6.07) is 0. The summed E-state index contributed by atoms with van der Waals surface area (Å²) in [6.45, 7) is 9.77. The van der Waals surface area contributed by atoms with E-state index in [-0.39, 0.29) is 0 Å². The maximum absolute atomic E-state index is 5.46. The van der Waals surface area contributed by atoms with Crippen LogP contribution in [0.3, 0.4) is 0 Å². The van der Waals surface area contributed by atoms with Gasteiger partial charge in [-0.1, -0.05) is 13.8 Å². The Morgan fingerprint density at radius 2 is 1.83 bits per heavy atom. The lowest BCUT2D eigenvalue weighted by Gasteiger charge is -2.08. The second-order valence-electron chi connectivity index (χ2n) is 3.97. The van der Waals surface area contributed by atoms with E-state index in [9.17, 15) is 0 Å². The molecule has 0 saturated carbocycles. The fraction of sp³-hybridized carbons (Fsp3) is 0.769. The van der Waals surface area contributed by atoms with Gasteiger partial charge in [0, 0.05) is 13.2 Å². The fourth-order valence-corrected chi connectivity index (χ4v) is 1.75. The standard InChI is InChI=1S/C13H25N3O2/c1-4-11-13(12(5-2)16-15-11)14-7-8-18-10-9-17-6-3/h14H,4-10H2,1-3H3,(H,15,16). The molecular formula is C13H25N3O2. The van der Waals surface area contributed by atoms with E-state index in [1.54, 1.807) is 0 Å². The Hall–Kier alpha value is -1.07. The van der Waals surface area contributed by atoms with E-state index in [0.717, 1.165) is 37.4 Å². The van der Waals surface area contributed by atoms with Gasteiger partial charge in [0.2, 0.25) is 0 Å². The lowest BCUT2D eigenvalue weighted by atomic mass is 10.2. The van der Waals surface area contributed by atoms with Gasteiger partial charge in [0.1, 0.15) is 0 Å². The van der Waals surface area contributed by atoms with E-state index in [4.69, 9.17) is 9.47 Å². The summed E-state index contributed by atoms with van der Waals surface area (Å²) in [4.78, 5) is 0. The SMILES string of the molecule is CCOCCOCCNc1c(CC)n[nH]c1CC. The monoisotopic (exact) mass is 255 g/mol. The Balaban J connectivity index is 2.24. The molecule has 18 heavy (non-hydrogen) atoms. The molecule has 1 aromatic heterocycles. The van der Waals surface area contributed by atoms with Crippen LogP contribution in [-0.4, -0.2) is 43.2 Å². The van der Waals surface area contributed by atoms with E-state index in [1.165, 1.54) is 5.69 Å². The van der Waals surface area contributed by atoms with Crippen molar-refractivity contribution in [3.8, 4) is 0 Å². The van der Waals surface area contributed by atoms with Crippen LogP contribution < -0.4 is 5.32 Å². The Bertz CT molecular complexity index is 305. The van der Waals surface area contributed by atoms with Gasteiger partial charge in [-0.05, 0) is 19.8 Å². The van der Waals surface area contributed by atoms with Crippen LogP contribution in [0.1, 0.15) is 32.2 Å². The van der Waals surface area contributed by atoms with Crippen molar-refractivity contribution in [3.05, 3.63) is 11.4 Å². The molecule has 5 nitrogen and oxygen atoms in total. The summed E-state index contributed by atoms with van der Waals surface area (Å²) >= 11 is 0. The van der Waals surface area contributed by atoms with Crippen molar-refractivity contribution < 1.29 is 9.47 Å². The van der Waals surface area contributed by atoms with Crippen LogP contribution in [-0.2, 0) is 22.3 Å². The summed E-state index contributed by atoms with van der Waals surface area (Å²) in [5.74, 6) is 0. The highest BCUT2D eigenvalue weighted by Crippen LogP contribution is 2.18. The summed E-state index contributed by atoms with van der Waals surface area (Å²) in [6.07, 6.45) is 1.89. The number of nitrogens with zero attached hydrogens (tertiary/aromatic N) is 1. The Kier molecular flexibility index (Phi) is 7.44. The van der Waals surface area contributed by atoms with Crippen molar-refractivity contribution in [2.75, 3.05) is 38.3 Å². The van der Waals surface area contributed by atoms with Crippen molar-refractivity contribution in [1.29, 1.82) is 0 Å². The molecular weight excluding hydrogens is 230 g/mol. The Labute approximate surface area is 109 Å². The normalized spacial score (nSPS) is 10.8. The molecule has 1 aromatic rings. The molecule has 5 heteroatoms. The molecule has 0 bridgehead atoms. The zero-order valence-corrected chi connectivity index (χ0v) is 11.7. The molecule has 0 radical (unpaired) electrons. The third-order valence-corrected chi connectivity index (χ3v) is 2.73. The van der Waals surface area contributed by atoms with Gasteiger partial charge in [-0.25, -0.2) is 0 Å². The molecule has 0 aromatic carbocycles. The van der Waals surface area contributed by atoms with Crippen LogP contribution in [0, 0.1) is 0 Å². The number of H-pyrrole nitrogens is 1. The third-order valence-electron chi connectivity index (χ3n) is 2.73. The second-order valence-corrected chi connectivity index (χ2v) is 3.97. The Morgan fingerprint density at radius 3 is 2.50 bits per heavy atom. The number of aromatic amines is 1. The zero-order valence-electron chi connectivity index (χ0n) is 11.7. The number of hydrogen-bond donors (Lipinski definition) is 2. The van der Waals surface area contributed by atoms with Gasteiger partial charge in [0.15, 0.2) is 0 Å². The first kappa shape index (κ1) is 15.0. The second kappa shape index (κ2) is 8.94. The minimum absolute atomic E-state index is 0.655. The molecule has 0 aliphatic heterocycles. The van der Waals surface area contributed by atoms with Crippen molar-refractivity contribution in [1.82, 2.24) is 10.2 Å². The van der Waals surface area contributed by atoms with Crippen molar-refractivity contribution in [3.63, 3.8) is 0 Å². The highest BCUT2D eigenvalue weighted by Gasteiger charge is 2.09. The van der Waals surface area contributed by atoms with E-state index < -0.39 is 0 Å². The molecule has 0 fully saturated rings. The maximum atomic E-state index is 5.46. The molecule has 0 aliphatic carbocycles. The summed E-state index contributed by atoms with van der Waals surface area (Å²) in [7, 11) is 0. The zero-order chi connectivity index (χ0) is 13.2. The van der Waals surface area contributed by atoms with Gasteiger partial charge in [-0.15, -0.1) is 0 Å². The molecule has 0 spiro atoms. The molecule has 0 amide bonds. The predicted molar refractivity (Wildman–Crippen MR) is 73.1 cm³/mol. The first-order valence-electron chi connectivity index (χ1n) is 6.78. The summed E-state index contributed by atoms with van der Waals surface area (Å²) in [5, 5.41) is 10.8. The number of ether oxygens (including phenoxy) is 2. The minimum atomic E-state index is 0.655. The molecule has 1 heterocycles. The van der Waals surface area contributed by atoms with Gasteiger partial charge >= 0.3 is 0 Å². The largest absolute Gasteiger partial charge is 0.380 e. The van der Waals surface area contributed by atoms with Gasteiger partial charge < -0.3 is 14.8 Å². The maximum Gasteiger partial charge on any atom is 0.0853 e. The van der Waals surface area contributed by atoms with Crippen LogP contribution >= 0.6 is 0 Å². The number of aromatic nitrogens is 2. The van der Waals surface area contributed by atoms with Gasteiger partial charge in [0.05, 0.1) is 36.9 Å². The fourth-order valence-electron chi connectivity index (χ4n) is 1.75. The molecule has 2 N–H and O–H groups in total. The number of anilines is 1. The van der Waals surface area contributed by atoms with E-state index in [1.807, 2.05) is 6.92 Å². The van der Waals surface area contributed by atoms with Gasteiger partial charge in [-0.2, -0.15) is 5.10 Å².